The molecular weight excluding hydrogens is 293 g/mol. The van der Waals surface area contributed by atoms with Crippen LogP contribution in [0.4, 0.5) is 4.39 Å². The zero-order chi connectivity index (χ0) is 16.0. The van der Waals surface area contributed by atoms with Gasteiger partial charge in [-0.3, -0.25) is 4.79 Å². The molecule has 2 aromatic heterocycles. The summed E-state index contributed by atoms with van der Waals surface area (Å²) in [5.41, 5.74) is 8.30. The summed E-state index contributed by atoms with van der Waals surface area (Å²) < 4.78 is 14.2. The normalized spacial score (nSPS) is 11.2. The molecule has 2 aromatic carbocycles. The number of H-pyrrole nitrogens is 1. The number of benzene rings is 2. The second-order valence-corrected chi connectivity index (χ2v) is 5.30. The molecule has 4 aromatic rings. The van der Waals surface area contributed by atoms with Crippen LogP contribution < -0.4 is 5.73 Å². The van der Waals surface area contributed by atoms with Gasteiger partial charge in [-0.05, 0) is 24.3 Å². The van der Waals surface area contributed by atoms with Gasteiger partial charge in [0.1, 0.15) is 5.82 Å². The van der Waals surface area contributed by atoms with Crippen LogP contribution in [0.2, 0.25) is 0 Å². The van der Waals surface area contributed by atoms with E-state index in [9.17, 15) is 9.18 Å². The number of halogens is 1. The summed E-state index contributed by atoms with van der Waals surface area (Å²) in [6, 6.07) is 13.7. The molecule has 2 heterocycles. The number of nitrogens with two attached hydrogens (primary N) is 1. The number of para-hydroxylation sites is 1. The van der Waals surface area contributed by atoms with Crippen LogP contribution in [-0.4, -0.2) is 15.9 Å². The Morgan fingerprint density at radius 3 is 2.78 bits per heavy atom. The van der Waals surface area contributed by atoms with Crippen molar-refractivity contribution < 1.29 is 9.18 Å². The van der Waals surface area contributed by atoms with Gasteiger partial charge >= 0.3 is 0 Å². The summed E-state index contributed by atoms with van der Waals surface area (Å²) in [5, 5.41) is 1.13. The first kappa shape index (κ1) is 13.5. The number of hydrogen-bond acceptors (Lipinski definition) is 2. The van der Waals surface area contributed by atoms with E-state index in [1.807, 2.05) is 12.1 Å². The standard InChI is InChI=1S/C18H12FN3O/c19-13-5-3-7-15-17(13)12(9-21-15)16-8-11(18(20)23)10-4-1-2-6-14(10)22-16/h1-9,21H,(H2,20,23). The molecule has 4 rings (SSSR count). The summed E-state index contributed by atoms with van der Waals surface area (Å²) >= 11 is 0. The second-order valence-electron chi connectivity index (χ2n) is 5.30. The molecule has 0 bridgehead atoms. The first-order chi connectivity index (χ1) is 11.1. The van der Waals surface area contributed by atoms with Crippen molar-refractivity contribution in [2.45, 2.75) is 0 Å². The van der Waals surface area contributed by atoms with Crippen LogP contribution in [0.5, 0.6) is 0 Å². The van der Waals surface area contributed by atoms with Gasteiger partial charge in [-0.2, -0.15) is 0 Å². The maximum atomic E-state index is 14.2. The smallest absolute Gasteiger partial charge is 0.249 e. The van der Waals surface area contributed by atoms with Crippen LogP contribution in [0.15, 0.2) is 54.7 Å². The number of fused-ring (bicyclic) bond motifs is 2. The lowest BCUT2D eigenvalue weighted by Gasteiger charge is -2.07. The lowest BCUT2D eigenvalue weighted by Crippen LogP contribution is -2.12. The highest BCUT2D eigenvalue weighted by molar-refractivity contribution is 6.07. The van der Waals surface area contributed by atoms with E-state index >= 15 is 0 Å². The third-order valence-corrected chi connectivity index (χ3v) is 3.91. The van der Waals surface area contributed by atoms with E-state index < -0.39 is 5.91 Å². The average Bonchev–Trinajstić information content (AvgIpc) is 2.99. The molecule has 0 saturated carbocycles. The Kier molecular flexibility index (Phi) is 2.87. The number of aromatic nitrogens is 2. The van der Waals surface area contributed by atoms with Crippen molar-refractivity contribution in [3.8, 4) is 11.3 Å². The SMILES string of the molecule is NC(=O)c1cc(-c2c[nH]c3cccc(F)c23)nc2ccccc12. The molecule has 3 N–H and O–H groups in total. The lowest BCUT2D eigenvalue weighted by molar-refractivity contribution is 0.100. The van der Waals surface area contributed by atoms with Gasteiger partial charge in [0.05, 0.1) is 16.8 Å². The van der Waals surface area contributed by atoms with Crippen molar-refractivity contribution in [2.24, 2.45) is 5.73 Å². The van der Waals surface area contributed by atoms with Gasteiger partial charge in [-0.25, -0.2) is 9.37 Å². The summed E-state index contributed by atoms with van der Waals surface area (Å²) in [5.74, 6) is -0.875. The Hall–Kier alpha value is -3.21. The Bertz CT molecular complexity index is 1070. The molecule has 112 valence electrons. The zero-order valence-corrected chi connectivity index (χ0v) is 12.0. The molecular formula is C18H12FN3O. The maximum absolute atomic E-state index is 14.2. The maximum Gasteiger partial charge on any atom is 0.249 e. The predicted octanol–water partition coefficient (Wildman–Crippen LogP) is 3.62. The monoisotopic (exact) mass is 305 g/mol. The van der Waals surface area contributed by atoms with Crippen molar-refractivity contribution in [3.05, 3.63) is 66.1 Å². The molecule has 0 aliphatic heterocycles. The summed E-state index contributed by atoms with van der Waals surface area (Å²) in [4.78, 5) is 19.4. The molecule has 4 nitrogen and oxygen atoms in total. The van der Waals surface area contributed by atoms with E-state index in [0.717, 1.165) is 0 Å². The Morgan fingerprint density at radius 1 is 1.13 bits per heavy atom. The summed E-state index contributed by atoms with van der Waals surface area (Å²) in [6.07, 6.45) is 1.69. The van der Waals surface area contributed by atoms with Gasteiger partial charge in [0.25, 0.3) is 0 Å². The lowest BCUT2D eigenvalue weighted by atomic mass is 10.0. The molecule has 0 saturated heterocycles. The van der Waals surface area contributed by atoms with Gasteiger partial charge in [-0.1, -0.05) is 24.3 Å². The minimum absolute atomic E-state index is 0.339. The third-order valence-electron chi connectivity index (χ3n) is 3.91. The zero-order valence-electron chi connectivity index (χ0n) is 12.0. The Morgan fingerprint density at radius 2 is 1.96 bits per heavy atom. The minimum atomic E-state index is -0.537. The van der Waals surface area contributed by atoms with Gasteiger partial charge in [-0.15, -0.1) is 0 Å². The van der Waals surface area contributed by atoms with E-state index in [4.69, 9.17) is 5.73 Å². The predicted molar refractivity (Wildman–Crippen MR) is 87.5 cm³/mol. The Balaban J connectivity index is 2.07. The number of nitrogens with one attached hydrogen (secondary N) is 1. The fraction of sp³-hybridized carbons (Fsp3) is 0. The van der Waals surface area contributed by atoms with Gasteiger partial charge in [0, 0.05) is 28.0 Å². The topological polar surface area (TPSA) is 71.8 Å². The molecule has 0 aliphatic carbocycles. The fourth-order valence-electron chi connectivity index (χ4n) is 2.86. The van der Waals surface area contributed by atoms with E-state index in [1.54, 1.807) is 36.5 Å². The highest BCUT2D eigenvalue weighted by Crippen LogP contribution is 2.31. The van der Waals surface area contributed by atoms with Gasteiger partial charge < -0.3 is 10.7 Å². The van der Waals surface area contributed by atoms with Crippen LogP contribution in [0, 0.1) is 5.82 Å². The number of rotatable bonds is 2. The number of carbonyl (C=O) groups is 1. The molecule has 5 heteroatoms. The molecule has 1 amide bonds. The number of primary amides is 1. The number of aromatic amines is 1. The molecule has 0 fully saturated rings. The number of carbonyl (C=O) groups excluding carboxylic acids is 1. The van der Waals surface area contributed by atoms with Crippen LogP contribution in [0.3, 0.4) is 0 Å². The number of hydrogen-bond donors (Lipinski definition) is 2. The molecule has 0 aliphatic rings. The second kappa shape index (κ2) is 4.91. The first-order valence-electron chi connectivity index (χ1n) is 7.11. The van der Waals surface area contributed by atoms with Crippen molar-refractivity contribution in [2.75, 3.05) is 0 Å². The quantitative estimate of drug-likeness (QED) is 0.593. The highest BCUT2D eigenvalue weighted by atomic mass is 19.1. The van der Waals surface area contributed by atoms with Crippen LogP contribution in [0.1, 0.15) is 10.4 Å². The highest BCUT2D eigenvalue weighted by Gasteiger charge is 2.15. The molecule has 23 heavy (non-hydrogen) atoms. The molecule has 0 radical (unpaired) electrons. The summed E-state index contributed by atoms with van der Waals surface area (Å²) in [6.45, 7) is 0. The van der Waals surface area contributed by atoms with Crippen molar-refractivity contribution in [1.82, 2.24) is 9.97 Å². The minimum Gasteiger partial charge on any atom is -0.366 e. The van der Waals surface area contributed by atoms with E-state index in [-0.39, 0.29) is 5.82 Å². The molecule has 0 unspecified atom stereocenters. The van der Waals surface area contributed by atoms with Gasteiger partial charge in [0.2, 0.25) is 5.91 Å². The first-order valence-corrected chi connectivity index (χ1v) is 7.11. The molecule has 0 atom stereocenters. The van der Waals surface area contributed by atoms with Crippen LogP contribution in [-0.2, 0) is 0 Å². The van der Waals surface area contributed by atoms with Crippen molar-refractivity contribution in [1.29, 1.82) is 0 Å². The van der Waals surface area contributed by atoms with Crippen molar-refractivity contribution >= 4 is 27.7 Å². The van der Waals surface area contributed by atoms with Crippen molar-refractivity contribution in [3.63, 3.8) is 0 Å². The molecule has 0 spiro atoms. The number of amides is 1. The average molecular weight is 305 g/mol. The van der Waals surface area contributed by atoms with E-state index in [2.05, 4.69) is 9.97 Å². The number of nitrogens with zero attached hydrogens (tertiary/aromatic N) is 1. The number of pyridine rings is 1. The largest absolute Gasteiger partial charge is 0.366 e. The van der Waals surface area contributed by atoms with Gasteiger partial charge in [0.15, 0.2) is 0 Å². The fourth-order valence-corrected chi connectivity index (χ4v) is 2.86. The van der Waals surface area contributed by atoms with E-state index in [0.29, 0.717) is 38.6 Å². The van der Waals surface area contributed by atoms with Crippen LogP contribution in [0.25, 0.3) is 33.1 Å². The summed E-state index contributed by atoms with van der Waals surface area (Å²) in [7, 11) is 0. The third kappa shape index (κ3) is 2.05. The Labute approximate surface area is 130 Å². The van der Waals surface area contributed by atoms with Crippen LogP contribution >= 0.6 is 0 Å². The van der Waals surface area contributed by atoms with E-state index in [1.165, 1.54) is 6.07 Å².